The molecule has 1 aromatic heterocycles. The molecule has 0 unspecified atom stereocenters. The Morgan fingerprint density at radius 1 is 1.06 bits per heavy atom. The fourth-order valence-electron chi connectivity index (χ4n) is 2.96. The Morgan fingerprint density at radius 2 is 1.79 bits per heavy atom. The van der Waals surface area contributed by atoms with Gasteiger partial charge in [-0.3, -0.25) is 20.0 Å². The number of ether oxygens (including phenoxy) is 1. The van der Waals surface area contributed by atoms with E-state index >= 15 is 0 Å². The maximum Gasteiger partial charge on any atom is 0.289 e. The summed E-state index contributed by atoms with van der Waals surface area (Å²) >= 11 is 0. The average molecular weight is 441 g/mol. The Hall–Kier alpha value is -4.79. The second-order valence-electron chi connectivity index (χ2n) is 7.01. The smallest absolute Gasteiger partial charge is 0.289 e. The molecule has 0 radical (unpaired) electrons. The first-order valence-electron chi connectivity index (χ1n) is 9.99. The molecule has 0 saturated heterocycles. The van der Waals surface area contributed by atoms with Crippen LogP contribution in [-0.2, 0) is 6.61 Å². The van der Waals surface area contributed by atoms with Gasteiger partial charge in [-0.05, 0) is 53.6 Å². The molecule has 0 spiro atoms. The van der Waals surface area contributed by atoms with Crippen molar-refractivity contribution in [3.05, 3.63) is 112 Å². The highest BCUT2D eigenvalue weighted by molar-refractivity contribution is 5.94. The van der Waals surface area contributed by atoms with Crippen molar-refractivity contribution in [1.82, 2.24) is 15.6 Å². The Balaban J connectivity index is 1.33. The summed E-state index contributed by atoms with van der Waals surface area (Å²) in [6, 6.07) is 24.7. The number of carbonyl (C=O) groups is 1. The van der Waals surface area contributed by atoms with Gasteiger partial charge in [0.1, 0.15) is 18.1 Å². The molecule has 0 fully saturated rings. The lowest BCUT2D eigenvalue weighted by molar-refractivity contribution is -0.384. The van der Waals surface area contributed by atoms with Crippen molar-refractivity contribution in [2.45, 2.75) is 6.61 Å². The first kappa shape index (κ1) is 21.4. The molecule has 1 amide bonds. The van der Waals surface area contributed by atoms with E-state index in [9.17, 15) is 14.9 Å². The van der Waals surface area contributed by atoms with Crippen LogP contribution >= 0.6 is 0 Å². The van der Waals surface area contributed by atoms with Gasteiger partial charge >= 0.3 is 0 Å². The first-order chi connectivity index (χ1) is 16.1. The van der Waals surface area contributed by atoms with Crippen molar-refractivity contribution >= 4 is 17.8 Å². The molecule has 9 nitrogen and oxygen atoms in total. The second-order valence-corrected chi connectivity index (χ2v) is 7.01. The molecule has 3 aromatic carbocycles. The number of aromatic nitrogens is 2. The quantitative estimate of drug-likeness (QED) is 0.239. The van der Waals surface area contributed by atoms with Crippen LogP contribution in [0.3, 0.4) is 0 Å². The zero-order chi connectivity index (χ0) is 23.0. The summed E-state index contributed by atoms with van der Waals surface area (Å²) in [6.07, 6.45) is 1.40. The van der Waals surface area contributed by atoms with Gasteiger partial charge in [-0.1, -0.05) is 30.3 Å². The number of H-pyrrole nitrogens is 1. The van der Waals surface area contributed by atoms with Crippen molar-refractivity contribution in [3.63, 3.8) is 0 Å². The van der Waals surface area contributed by atoms with Gasteiger partial charge in [-0.25, -0.2) is 5.43 Å². The van der Waals surface area contributed by atoms with Crippen molar-refractivity contribution in [2.24, 2.45) is 5.10 Å². The van der Waals surface area contributed by atoms with E-state index in [2.05, 4.69) is 20.7 Å². The van der Waals surface area contributed by atoms with E-state index in [1.807, 2.05) is 54.6 Å². The predicted octanol–water partition coefficient (Wildman–Crippen LogP) is 4.33. The number of hydrazone groups is 1. The second kappa shape index (κ2) is 10.0. The number of hydrogen-bond donors (Lipinski definition) is 2. The zero-order valence-electron chi connectivity index (χ0n) is 17.3. The molecule has 1 heterocycles. The normalized spacial score (nSPS) is 10.8. The Morgan fingerprint density at radius 3 is 2.48 bits per heavy atom. The van der Waals surface area contributed by atoms with E-state index < -0.39 is 10.8 Å². The third kappa shape index (κ3) is 5.67. The van der Waals surface area contributed by atoms with E-state index in [1.165, 1.54) is 30.5 Å². The minimum Gasteiger partial charge on any atom is -0.489 e. The lowest BCUT2D eigenvalue weighted by atomic mass is 10.1. The standard InChI is InChI=1S/C24H19N5O4/c30-24(28-25-15-17-6-10-20(11-7-17)29(31)32)23-14-22(26-27-23)19-8-12-21(13-9-19)33-16-18-4-2-1-3-5-18/h1-15H,16H2,(H,26,27)(H,28,30). The third-order valence-electron chi connectivity index (χ3n) is 4.70. The molecular formula is C24H19N5O4. The summed E-state index contributed by atoms with van der Waals surface area (Å²) in [7, 11) is 0. The molecule has 2 N–H and O–H groups in total. The lowest BCUT2D eigenvalue weighted by Crippen LogP contribution is -2.17. The number of carbonyl (C=O) groups excluding carboxylic acids is 1. The molecule has 4 aromatic rings. The highest BCUT2D eigenvalue weighted by atomic mass is 16.6. The van der Waals surface area contributed by atoms with Crippen LogP contribution in [0.2, 0.25) is 0 Å². The number of nitrogens with zero attached hydrogens (tertiary/aromatic N) is 3. The van der Waals surface area contributed by atoms with Gasteiger partial charge < -0.3 is 4.74 Å². The number of aromatic amines is 1. The number of nitro groups is 1. The van der Waals surface area contributed by atoms with Crippen LogP contribution in [0.25, 0.3) is 11.3 Å². The van der Waals surface area contributed by atoms with Crippen molar-refractivity contribution in [2.75, 3.05) is 0 Å². The van der Waals surface area contributed by atoms with E-state index in [-0.39, 0.29) is 11.4 Å². The molecule has 0 aliphatic rings. The van der Waals surface area contributed by atoms with Crippen LogP contribution in [0.4, 0.5) is 5.69 Å². The summed E-state index contributed by atoms with van der Waals surface area (Å²) in [4.78, 5) is 22.5. The topological polar surface area (TPSA) is 123 Å². The molecule has 0 aliphatic carbocycles. The molecule has 9 heteroatoms. The SMILES string of the molecule is O=C(NN=Cc1ccc([N+](=O)[O-])cc1)c1cc(-c2ccc(OCc3ccccc3)cc2)n[nH]1. The molecule has 0 aliphatic heterocycles. The van der Waals surface area contributed by atoms with Crippen LogP contribution in [0.15, 0.2) is 90.0 Å². The molecule has 0 saturated carbocycles. The fraction of sp³-hybridized carbons (Fsp3) is 0.0417. The van der Waals surface area contributed by atoms with E-state index in [0.717, 1.165) is 16.9 Å². The van der Waals surface area contributed by atoms with Gasteiger partial charge in [0, 0.05) is 17.7 Å². The van der Waals surface area contributed by atoms with Crippen molar-refractivity contribution < 1.29 is 14.5 Å². The van der Waals surface area contributed by atoms with Gasteiger partial charge in [-0.15, -0.1) is 0 Å². The third-order valence-corrected chi connectivity index (χ3v) is 4.70. The van der Waals surface area contributed by atoms with Crippen LogP contribution in [0, 0.1) is 10.1 Å². The summed E-state index contributed by atoms with van der Waals surface area (Å²) in [6.45, 7) is 0.479. The summed E-state index contributed by atoms with van der Waals surface area (Å²) in [5.74, 6) is 0.270. The number of nitro benzene ring substituents is 1. The molecule has 0 atom stereocenters. The van der Waals surface area contributed by atoms with Gasteiger partial charge in [0.05, 0.1) is 16.8 Å². The maximum atomic E-state index is 12.3. The van der Waals surface area contributed by atoms with Crippen molar-refractivity contribution in [1.29, 1.82) is 0 Å². The summed E-state index contributed by atoms with van der Waals surface area (Å²) in [5.41, 5.74) is 5.75. The monoisotopic (exact) mass is 441 g/mol. The van der Waals surface area contributed by atoms with Gasteiger partial charge in [-0.2, -0.15) is 10.2 Å². The number of nitrogens with one attached hydrogen (secondary N) is 2. The molecule has 4 rings (SSSR count). The minimum atomic E-state index is -0.482. The number of amides is 1. The Bertz CT molecular complexity index is 1270. The molecule has 0 bridgehead atoms. The zero-order valence-corrected chi connectivity index (χ0v) is 17.3. The minimum absolute atomic E-state index is 0.0167. The lowest BCUT2D eigenvalue weighted by Gasteiger charge is -2.06. The summed E-state index contributed by atoms with van der Waals surface area (Å²) < 4.78 is 5.78. The number of benzene rings is 3. The number of rotatable bonds is 8. The highest BCUT2D eigenvalue weighted by Gasteiger charge is 2.11. The van der Waals surface area contributed by atoms with Crippen LogP contribution < -0.4 is 10.2 Å². The molecule has 33 heavy (non-hydrogen) atoms. The number of non-ortho nitro benzene ring substituents is 1. The first-order valence-corrected chi connectivity index (χ1v) is 9.99. The van der Waals surface area contributed by atoms with Crippen LogP contribution in [0.5, 0.6) is 5.75 Å². The molecule has 164 valence electrons. The molecular weight excluding hydrogens is 422 g/mol. The predicted molar refractivity (Wildman–Crippen MR) is 123 cm³/mol. The summed E-state index contributed by atoms with van der Waals surface area (Å²) in [5, 5.41) is 21.4. The van der Waals surface area contributed by atoms with Crippen molar-refractivity contribution in [3.8, 4) is 17.0 Å². The van der Waals surface area contributed by atoms with E-state index in [1.54, 1.807) is 6.07 Å². The Kier molecular flexibility index (Phi) is 6.51. The van der Waals surface area contributed by atoms with E-state index in [4.69, 9.17) is 4.74 Å². The largest absolute Gasteiger partial charge is 0.489 e. The maximum absolute atomic E-state index is 12.3. The fourth-order valence-corrected chi connectivity index (χ4v) is 2.96. The highest BCUT2D eigenvalue weighted by Crippen LogP contribution is 2.22. The Labute approximate surface area is 188 Å². The number of hydrogen-bond acceptors (Lipinski definition) is 6. The van der Waals surface area contributed by atoms with Gasteiger partial charge in [0.25, 0.3) is 11.6 Å². The van der Waals surface area contributed by atoms with E-state index in [0.29, 0.717) is 17.9 Å². The van der Waals surface area contributed by atoms with Gasteiger partial charge in [0.2, 0.25) is 0 Å². The van der Waals surface area contributed by atoms with Gasteiger partial charge in [0.15, 0.2) is 0 Å². The average Bonchev–Trinajstić information content (AvgIpc) is 3.34. The van der Waals surface area contributed by atoms with Crippen LogP contribution in [0.1, 0.15) is 21.6 Å². The van der Waals surface area contributed by atoms with Crippen LogP contribution in [-0.4, -0.2) is 27.2 Å².